The molecule has 1 aromatic heterocycles. The molecule has 14 heavy (non-hydrogen) atoms. The van der Waals surface area contributed by atoms with Crippen LogP contribution < -0.4 is 5.73 Å². The van der Waals surface area contributed by atoms with Crippen LogP contribution in [0.25, 0.3) is 0 Å². The molecule has 0 amide bonds. The molecule has 4 heteroatoms. The van der Waals surface area contributed by atoms with E-state index >= 15 is 0 Å². The topological polar surface area (TPSA) is 43.8 Å². The maximum atomic E-state index is 5.61. The zero-order valence-corrected chi connectivity index (χ0v) is 9.39. The molecule has 0 radical (unpaired) electrons. The molecule has 1 heterocycles. The SMILES string of the molecule is Cc1c(CN)cnn1SC1CCCC1. The minimum atomic E-state index is 0.594. The Morgan fingerprint density at radius 2 is 2.29 bits per heavy atom. The van der Waals surface area contributed by atoms with Gasteiger partial charge in [-0.2, -0.15) is 5.10 Å². The third kappa shape index (κ3) is 1.96. The molecule has 1 fully saturated rings. The van der Waals surface area contributed by atoms with Gasteiger partial charge in [0.2, 0.25) is 0 Å². The molecule has 0 bridgehead atoms. The third-order valence-corrected chi connectivity index (χ3v) is 4.18. The van der Waals surface area contributed by atoms with E-state index in [-0.39, 0.29) is 0 Å². The van der Waals surface area contributed by atoms with E-state index in [1.165, 1.54) is 31.4 Å². The van der Waals surface area contributed by atoms with Gasteiger partial charge >= 0.3 is 0 Å². The molecule has 1 saturated carbocycles. The first-order valence-corrected chi connectivity index (χ1v) is 6.05. The van der Waals surface area contributed by atoms with Crippen molar-refractivity contribution in [2.45, 2.75) is 44.4 Å². The van der Waals surface area contributed by atoms with E-state index in [1.807, 2.05) is 22.2 Å². The van der Waals surface area contributed by atoms with Gasteiger partial charge in [-0.15, -0.1) is 0 Å². The Bertz CT molecular complexity index is 302. The van der Waals surface area contributed by atoms with Gasteiger partial charge in [-0.1, -0.05) is 12.8 Å². The lowest BCUT2D eigenvalue weighted by Crippen LogP contribution is -2.03. The minimum absolute atomic E-state index is 0.594. The number of hydrogen-bond acceptors (Lipinski definition) is 3. The van der Waals surface area contributed by atoms with Crippen molar-refractivity contribution in [1.82, 2.24) is 9.19 Å². The van der Waals surface area contributed by atoms with Crippen molar-refractivity contribution in [2.24, 2.45) is 5.73 Å². The molecule has 0 aliphatic heterocycles. The van der Waals surface area contributed by atoms with Crippen molar-refractivity contribution in [3.05, 3.63) is 17.5 Å². The minimum Gasteiger partial charge on any atom is -0.326 e. The zero-order valence-electron chi connectivity index (χ0n) is 8.57. The molecule has 1 aliphatic rings. The Hall–Kier alpha value is -0.480. The van der Waals surface area contributed by atoms with E-state index in [4.69, 9.17) is 5.73 Å². The largest absolute Gasteiger partial charge is 0.326 e. The summed E-state index contributed by atoms with van der Waals surface area (Å²) in [5, 5.41) is 5.11. The van der Waals surface area contributed by atoms with Crippen LogP contribution in [0.15, 0.2) is 6.20 Å². The first kappa shape index (κ1) is 10.1. The Balaban J connectivity index is 2.04. The molecule has 1 aromatic rings. The lowest BCUT2D eigenvalue weighted by molar-refractivity contribution is 0.873. The maximum Gasteiger partial charge on any atom is 0.0548 e. The second-order valence-electron chi connectivity index (χ2n) is 3.84. The molecule has 0 saturated heterocycles. The molecule has 0 unspecified atom stereocenters. The van der Waals surface area contributed by atoms with Crippen LogP contribution in [0.5, 0.6) is 0 Å². The van der Waals surface area contributed by atoms with Gasteiger partial charge in [-0.3, -0.25) is 0 Å². The van der Waals surface area contributed by atoms with E-state index < -0.39 is 0 Å². The van der Waals surface area contributed by atoms with Crippen LogP contribution in [0.4, 0.5) is 0 Å². The molecule has 0 spiro atoms. The molecule has 0 aromatic carbocycles. The maximum absolute atomic E-state index is 5.61. The summed E-state index contributed by atoms with van der Waals surface area (Å²) < 4.78 is 2.04. The number of hydrogen-bond donors (Lipinski definition) is 1. The summed E-state index contributed by atoms with van der Waals surface area (Å²) in [6, 6.07) is 0. The summed E-state index contributed by atoms with van der Waals surface area (Å²) in [7, 11) is 0. The lowest BCUT2D eigenvalue weighted by Gasteiger charge is -2.09. The van der Waals surface area contributed by atoms with E-state index in [2.05, 4.69) is 12.0 Å². The summed E-state index contributed by atoms with van der Waals surface area (Å²) in [6.45, 7) is 2.69. The zero-order chi connectivity index (χ0) is 9.97. The fraction of sp³-hybridized carbons (Fsp3) is 0.700. The van der Waals surface area contributed by atoms with E-state index in [9.17, 15) is 0 Å². The van der Waals surface area contributed by atoms with Gasteiger partial charge in [-0.05, 0) is 31.7 Å². The van der Waals surface area contributed by atoms with Crippen molar-refractivity contribution in [3.63, 3.8) is 0 Å². The highest BCUT2D eigenvalue weighted by Crippen LogP contribution is 2.31. The van der Waals surface area contributed by atoms with Crippen LogP contribution in [0.1, 0.15) is 36.9 Å². The molecule has 3 nitrogen and oxygen atoms in total. The third-order valence-electron chi connectivity index (χ3n) is 2.84. The summed E-state index contributed by atoms with van der Waals surface area (Å²) in [4.78, 5) is 0. The van der Waals surface area contributed by atoms with Gasteiger partial charge in [0, 0.05) is 17.4 Å². The predicted octanol–water partition coefficient (Wildman–Crippen LogP) is 2.09. The summed E-state index contributed by atoms with van der Waals surface area (Å²) >= 11 is 1.86. The molecular weight excluding hydrogens is 194 g/mol. The normalized spacial score (nSPS) is 17.9. The van der Waals surface area contributed by atoms with E-state index in [0.717, 1.165) is 10.8 Å². The monoisotopic (exact) mass is 211 g/mol. The van der Waals surface area contributed by atoms with Crippen LogP contribution in [0.3, 0.4) is 0 Å². The fourth-order valence-corrected chi connectivity index (χ4v) is 3.07. The molecule has 2 N–H and O–H groups in total. The second-order valence-corrected chi connectivity index (χ2v) is 5.07. The van der Waals surface area contributed by atoms with Gasteiger partial charge in [-0.25, -0.2) is 4.09 Å². The molecule has 1 aliphatic carbocycles. The molecular formula is C10H17N3S. The van der Waals surface area contributed by atoms with Gasteiger partial charge in [0.05, 0.1) is 11.9 Å². The van der Waals surface area contributed by atoms with Gasteiger partial charge in [0.15, 0.2) is 0 Å². The van der Waals surface area contributed by atoms with E-state index in [1.54, 1.807) is 0 Å². The Morgan fingerprint density at radius 1 is 1.57 bits per heavy atom. The average Bonchev–Trinajstić information content (AvgIpc) is 2.79. The quantitative estimate of drug-likeness (QED) is 0.832. The van der Waals surface area contributed by atoms with E-state index in [0.29, 0.717) is 6.54 Å². The van der Waals surface area contributed by atoms with Crippen molar-refractivity contribution in [1.29, 1.82) is 0 Å². The fourth-order valence-electron chi connectivity index (χ4n) is 1.87. The van der Waals surface area contributed by atoms with Crippen molar-refractivity contribution >= 4 is 11.9 Å². The van der Waals surface area contributed by atoms with Gasteiger partial charge in [0.25, 0.3) is 0 Å². The second kappa shape index (κ2) is 4.36. The van der Waals surface area contributed by atoms with Crippen LogP contribution in [0.2, 0.25) is 0 Å². The summed E-state index contributed by atoms with van der Waals surface area (Å²) in [5.41, 5.74) is 7.98. The Kier molecular flexibility index (Phi) is 3.13. The predicted molar refractivity (Wildman–Crippen MR) is 60.1 cm³/mol. The number of nitrogens with two attached hydrogens (primary N) is 1. The standard InChI is InChI=1S/C10H17N3S/c1-8-9(6-11)7-12-13(8)14-10-4-2-3-5-10/h7,10H,2-6,11H2,1H3. The van der Waals surface area contributed by atoms with Crippen LogP contribution >= 0.6 is 11.9 Å². The van der Waals surface area contributed by atoms with Crippen molar-refractivity contribution in [2.75, 3.05) is 0 Å². The first-order valence-electron chi connectivity index (χ1n) is 5.22. The van der Waals surface area contributed by atoms with Crippen LogP contribution in [-0.2, 0) is 6.54 Å². The number of aromatic nitrogens is 2. The Labute approximate surface area is 89.2 Å². The Morgan fingerprint density at radius 3 is 2.86 bits per heavy atom. The van der Waals surface area contributed by atoms with Gasteiger partial charge in [0.1, 0.15) is 0 Å². The number of nitrogens with zero attached hydrogens (tertiary/aromatic N) is 2. The average molecular weight is 211 g/mol. The smallest absolute Gasteiger partial charge is 0.0548 e. The van der Waals surface area contributed by atoms with Crippen molar-refractivity contribution in [3.8, 4) is 0 Å². The number of rotatable bonds is 3. The van der Waals surface area contributed by atoms with Crippen LogP contribution in [0, 0.1) is 6.92 Å². The highest BCUT2D eigenvalue weighted by atomic mass is 32.2. The highest BCUT2D eigenvalue weighted by molar-refractivity contribution is 7.98. The summed E-state index contributed by atoms with van der Waals surface area (Å²) in [6.07, 6.45) is 7.31. The molecule has 78 valence electrons. The first-order chi connectivity index (χ1) is 6.81. The highest BCUT2D eigenvalue weighted by Gasteiger charge is 2.18. The molecule has 0 atom stereocenters. The van der Waals surface area contributed by atoms with Gasteiger partial charge < -0.3 is 5.73 Å². The van der Waals surface area contributed by atoms with Crippen molar-refractivity contribution < 1.29 is 0 Å². The van der Waals surface area contributed by atoms with Crippen LogP contribution in [-0.4, -0.2) is 14.4 Å². The lowest BCUT2D eigenvalue weighted by atomic mass is 10.3. The molecule has 2 rings (SSSR count). The summed E-state index contributed by atoms with van der Waals surface area (Å²) in [5.74, 6) is 0.